The van der Waals surface area contributed by atoms with Gasteiger partial charge in [0.1, 0.15) is 11.4 Å². The van der Waals surface area contributed by atoms with E-state index in [2.05, 4.69) is 31.5 Å². The number of amides is 3. The second-order valence-electron chi connectivity index (χ2n) is 9.41. The van der Waals surface area contributed by atoms with Crippen molar-refractivity contribution in [3.05, 3.63) is 57.2 Å². The Labute approximate surface area is 221 Å². The molecule has 0 saturated carbocycles. The molecule has 0 aliphatic heterocycles. The van der Waals surface area contributed by atoms with Crippen molar-refractivity contribution >= 4 is 39.7 Å². The average molecular weight is 587 g/mol. The fourth-order valence-corrected chi connectivity index (χ4v) is 3.96. The number of aromatic nitrogens is 1. The van der Waals surface area contributed by atoms with Gasteiger partial charge in [-0.25, -0.2) is 9.78 Å². The number of halogens is 4. The number of ether oxygens (including phenoxy) is 1. The number of rotatable bonds is 9. The van der Waals surface area contributed by atoms with E-state index in [4.69, 9.17) is 10.5 Å². The van der Waals surface area contributed by atoms with Crippen LogP contribution in [0.4, 0.5) is 23.8 Å². The van der Waals surface area contributed by atoms with E-state index >= 15 is 0 Å². The lowest BCUT2D eigenvalue weighted by Gasteiger charge is -2.24. The number of pyridine rings is 1. The zero-order valence-electron chi connectivity index (χ0n) is 21.0. The van der Waals surface area contributed by atoms with E-state index in [1.807, 2.05) is 0 Å². The second kappa shape index (κ2) is 12.4. The third kappa shape index (κ3) is 9.34. The third-order valence-electron chi connectivity index (χ3n) is 5.18. The van der Waals surface area contributed by atoms with Crippen LogP contribution in [0.15, 0.2) is 34.9 Å². The molecule has 3 amide bonds. The summed E-state index contributed by atoms with van der Waals surface area (Å²) < 4.78 is 47.0. The molecule has 0 unspecified atom stereocenters. The number of nitrogens with one attached hydrogen (secondary N) is 2. The Bertz CT molecular complexity index is 1150. The zero-order valence-corrected chi connectivity index (χ0v) is 22.5. The molecular weight excluding hydrogens is 557 g/mol. The molecule has 1 heterocycles. The third-order valence-corrected chi connectivity index (χ3v) is 5.61. The summed E-state index contributed by atoms with van der Waals surface area (Å²) in [7, 11) is 0. The lowest BCUT2D eigenvalue weighted by atomic mass is 9.92. The van der Waals surface area contributed by atoms with Gasteiger partial charge in [0.15, 0.2) is 0 Å². The second-order valence-corrected chi connectivity index (χ2v) is 10.3. The Morgan fingerprint density at radius 3 is 2.43 bits per heavy atom. The minimum absolute atomic E-state index is 0.00689. The highest BCUT2D eigenvalue weighted by atomic mass is 79.9. The highest BCUT2D eigenvalue weighted by molar-refractivity contribution is 9.10. The first-order valence-electron chi connectivity index (χ1n) is 11.5. The van der Waals surface area contributed by atoms with Crippen molar-refractivity contribution in [2.45, 2.75) is 71.2 Å². The van der Waals surface area contributed by atoms with Gasteiger partial charge in [-0.05, 0) is 86.1 Å². The summed E-state index contributed by atoms with van der Waals surface area (Å²) in [5.74, 6) is -1.22. The van der Waals surface area contributed by atoms with E-state index in [9.17, 15) is 27.6 Å². The van der Waals surface area contributed by atoms with Crippen LogP contribution in [0.2, 0.25) is 0 Å². The number of primary amides is 1. The summed E-state index contributed by atoms with van der Waals surface area (Å²) in [5, 5.41) is 5.10. The van der Waals surface area contributed by atoms with E-state index in [-0.39, 0.29) is 42.6 Å². The van der Waals surface area contributed by atoms with Crippen LogP contribution in [0, 0.1) is 0 Å². The molecule has 202 valence electrons. The number of carbonyl (C=O) groups excluding carboxylic acids is 3. The lowest BCUT2D eigenvalue weighted by Crippen LogP contribution is -2.34. The first-order chi connectivity index (χ1) is 17.1. The predicted octanol–water partition coefficient (Wildman–Crippen LogP) is 5.90. The number of carbonyl (C=O) groups is 3. The van der Waals surface area contributed by atoms with E-state index in [1.165, 1.54) is 24.4 Å². The van der Waals surface area contributed by atoms with Crippen molar-refractivity contribution in [2.24, 2.45) is 5.73 Å². The van der Waals surface area contributed by atoms with Gasteiger partial charge in [-0.1, -0.05) is 12.1 Å². The number of anilines is 1. The SMILES string of the molecule is C[C@@H](NC(=O)OC(C)(C)C)c1cccc(C(F)(F)F)c1CCCCC(=O)Nc1ncc(Br)cc1C(N)=O. The Balaban J connectivity index is 2.10. The first-order valence-corrected chi connectivity index (χ1v) is 12.3. The summed E-state index contributed by atoms with van der Waals surface area (Å²) in [6.07, 6.45) is -3.38. The zero-order chi connectivity index (χ0) is 28.0. The van der Waals surface area contributed by atoms with Crippen LogP contribution < -0.4 is 16.4 Å². The summed E-state index contributed by atoms with van der Waals surface area (Å²) in [4.78, 5) is 40.1. The Hall–Kier alpha value is -3.15. The van der Waals surface area contributed by atoms with Gasteiger partial charge in [0.2, 0.25) is 5.91 Å². The van der Waals surface area contributed by atoms with Gasteiger partial charge in [0, 0.05) is 17.1 Å². The quantitative estimate of drug-likeness (QED) is 0.316. The molecule has 0 saturated heterocycles. The number of unbranched alkanes of at least 4 members (excludes halogenated alkanes) is 1. The highest BCUT2D eigenvalue weighted by Crippen LogP contribution is 2.36. The molecule has 1 atom stereocenters. The number of hydrogen-bond acceptors (Lipinski definition) is 5. The van der Waals surface area contributed by atoms with Crippen molar-refractivity contribution in [1.82, 2.24) is 10.3 Å². The number of hydrogen-bond donors (Lipinski definition) is 3. The molecule has 0 aliphatic carbocycles. The molecule has 4 N–H and O–H groups in total. The van der Waals surface area contributed by atoms with Crippen molar-refractivity contribution in [3.63, 3.8) is 0 Å². The molecule has 1 aromatic carbocycles. The van der Waals surface area contributed by atoms with E-state index in [1.54, 1.807) is 27.7 Å². The minimum Gasteiger partial charge on any atom is -0.444 e. The van der Waals surface area contributed by atoms with E-state index in [0.29, 0.717) is 10.0 Å². The van der Waals surface area contributed by atoms with Crippen LogP contribution in [0.3, 0.4) is 0 Å². The van der Waals surface area contributed by atoms with Crippen molar-refractivity contribution in [2.75, 3.05) is 5.32 Å². The average Bonchev–Trinajstić information content (AvgIpc) is 2.75. The number of benzene rings is 1. The fraction of sp³-hybridized carbons (Fsp3) is 0.440. The van der Waals surface area contributed by atoms with Crippen LogP contribution in [-0.4, -0.2) is 28.5 Å². The minimum atomic E-state index is -4.59. The van der Waals surface area contributed by atoms with Gasteiger partial charge in [0.25, 0.3) is 5.91 Å². The summed E-state index contributed by atoms with van der Waals surface area (Å²) in [6.45, 7) is 6.64. The molecule has 12 heteroatoms. The van der Waals surface area contributed by atoms with Gasteiger partial charge in [-0.3, -0.25) is 9.59 Å². The highest BCUT2D eigenvalue weighted by Gasteiger charge is 2.34. The Kier molecular flexibility index (Phi) is 10.1. The molecule has 1 aromatic heterocycles. The number of alkyl halides is 3. The number of nitrogens with two attached hydrogens (primary N) is 1. The van der Waals surface area contributed by atoms with Crippen LogP contribution in [0.1, 0.15) is 80.0 Å². The molecule has 0 fully saturated rings. The van der Waals surface area contributed by atoms with E-state index < -0.39 is 41.3 Å². The van der Waals surface area contributed by atoms with Crippen LogP contribution in [0.5, 0.6) is 0 Å². The van der Waals surface area contributed by atoms with Crippen LogP contribution >= 0.6 is 15.9 Å². The summed E-state index contributed by atoms with van der Waals surface area (Å²) >= 11 is 3.17. The normalized spacial score (nSPS) is 12.5. The first kappa shape index (κ1) is 30.1. The molecule has 8 nitrogen and oxygen atoms in total. The monoisotopic (exact) mass is 586 g/mol. The fourth-order valence-electron chi connectivity index (χ4n) is 3.63. The smallest absolute Gasteiger partial charge is 0.416 e. The maximum atomic E-state index is 13.8. The topological polar surface area (TPSA) is 123 Å². The maximum Gasteiger partial charge on any atom is 0.416 e. The largest absolute Gasteiger partial charge is 0.444 e. The standard InChI is InChI=1S/C25H30BrF3N4O4/c1-14(32-23(36)37-24(2,3)4)16-9-7-10-19(25(27,28)29)17(16)8-5-6-11-20(34)33-22-18(21(30)35)12-15(26)13-31-22/h7,9-10,12-14H,5-6,8,11H2,1-4H3,(H2,30,35)(H,32,36)(H,31,33,34)/t14-/m1/s1. The molecule has 0 radical (unpaired) electrons. The van der Waals surface area contributed by atoms with Gasteiger partial charge >= 0.3 is 12.3 Å². The van der Waals surface area contributed by atoms with E-state index in [0.717, 1.165) is 6.07 Å². The predicted molar refractivity (Wildman–Crippen MR) is 136 cm³/mol. The van der Waals surface area contributed by atoms with Crippen molar-refractivity contribution < 1.29 is 32.3 Å². The molecule has 0 spiro atoms. The van der Waals surface area contributed by atoms with Gasteiger partial charge < -0.3 is 21.1 Å². The Morgan fingerprint density at radius 1 is 1.16 bits per heavy atom. The molecule has 37 heavy (non-hydrogen) atoms. The Morgan fingerprint density at radius 2 is 1.84 bits per heavy atom. The molecule has 2 aromatic rings. The summed E-state index contributed by atoms with van der Waals surface area (Å²) in [5.41, 5.74) is 4.15. The van der Waals surface area contributed by atoms with Crippen molar-refractivity contribution in [3.8, 4) is 0 Å². The maximum absolute atomic E-state index is 13.8. The molecule has 2 rings (SSSR count). The van der Waals surface area contributed by atoms with Crippen molar-refractivity contribution in [1.29, 1.82) is 0 Å². The number of alkyl carbamates (subject to hydrolysis) is 1. The van der Waals surface area contributed by atoms with Gasteiger partial charge in [-0.15, -0.1) is 0 Å². The van der Waals surface area contributed by atoms with Gasteiger partial charge in [-0.2, -0.15) is 13.2 Å². The molecule has 0 aliphatic rings. The molecular formula is C25H30BrF3N4O4. The van der Waals surface area contributed by atoms with Crippen LogP contribution in [0.25, 0.3) is 0 Å². The van der Waals surface area contributed by atoms with Crippen LogP contribution in [-0.2, 0) is 22.1 Å². The summed E-state index contributed by atoms with van der Waals surface area (Å²) in [6, 6.07) is 4.50. The lowest BCUT2D eigenvalue weighted by molar-refractivity contribution is -0.138. The van der Waals surface area contributed by atoms with Gasteiger partial charge in [0.05, 0.1) is 17.2 Å². The number of nitrogens with zero attached hydrogens (tertiary/aromatic N) is 1. The molecule has 0 bridgehead atoms.